The van der Waals surface area contributed by atoms with Crippen molar-refractivity contribution >= 4 is 6.08 Å². The molecule has 1 heterocycles. The predicted molar refractivity (Wildman–Crippen MR) is 58.3 cm³/mol. The second-order valence-corrected chi connectivity index (χ2v) is 3.05. The summed E-state index contributed by atoms with van der Waals surface area (Å²) >= 11 is 0. The summed E-state index contributed by atoms with van der Waals surface area (Å²) in [5.41, 5.74) is 0.970. The summed E-state index contributed by atoms with van der Waals surface area (Å²) in [7, 11) is 3.22. The van der Waals surface area contributed by atoms with E-state index < -0.39 is 0 Å². The number of ether oxygens (including phenoxy) is 3. The summed E-state index contributed by atoms with van der Waals surface area (Å²) in [5, 5.41) is 0. The quantitative estimate of drug-likeness (QED) is 0.741. The number of hydrogen-bond acceptors (Lipinski definition) is 3. The van der Waals surface area contributed by atoms with Crippen LogP contribution in [0.3, 0.4) is 0 Å². The Morgan fingerprint density at radius 3 is 2.47 bits per heavy atom. The molecule has 0 saturated carbocycles. The van der Waals surface area contributed by atoms with E-state index in [4.69, 9.17) is 14.2 Å². The van der Waals surface area contributed by atoms with Gasteiger partial charge >= 0.3 is 0 Å². The average Bonchev–Trinajstić information content (AvgIpc) is 2.51. The lowest BCUT2D eigenvalue weighted by Crippen LogP contribution is -1.93. The van der Waals surface area contributed by atoms with Crippen LogP contribution in [0.25, 0.3) is 6.08 Å². The molecule has 0 aromatic heterocycles. The smallest absolute Gasteiger partial charge is 0.164 e. The van der Waals surface area contributed by atoms with Crippen LogP contribution in [0.2, 0.25) is 0 Å². The molecule has 0 saturated heterocycles. The van der Waals surface area contributed by atoms with Crippen LogP contribution in [-0.2, 0) is 0 Å². The van der Waals surface area contributed by atoms with Crippen LogP contribution in [0.15, 0.2) is 30.5 Å². The molecule has 0 atom stereocenters. The van der Waals surface area contributed by atoms with Crippen molar-refractivity contribution in [2.24, 2.45) is 0 Å². The third-order valence-electron chi connectivity index (χ3n) is 2.18. The minimum Gasteiger partial charge on any atom is -0.493 e. The normalized spacial score (nSPS) is 12.7. The van der Waals surface area contributed by atoms with Crippen molar-refractivity contribution in [1.82, 2.24) is 0 Å². The molecule has 0 fully saturated rings. The largest absolute Gasteiger partial charge is 0.493 e. The van der Waals surface area contributed by atoms with E-state index in [0.29, 0.717) is 11.5 Å². The number of hydrogen-bond donors (Lipinski definition) is 0. The van der Waals surface area contributed by atoms with Gasteiger partial charge in [-0.15, -0.1) is 0 Å². The molecule has 78 valence electrons. The molecule has 15 heavy (non-hydrogen) atoms. The van der Waals surface area contributed by atoms with E-state index >= 15 is 0 Å². The fraction of sp³-hybridized carbons (Fsp3) is 0.167. The monoisotopic (exact) mass is 204 g/mol. The molecule has 0 amide bonds. The number of rotatable bonds is 2. The Balaban J connectivity index is 2.52. The topological polar surface area (TPSA) is 27.7 Å². The van der Waals surface area contributed by atoms with Crippen LogP contribution in [0, 0.1) is 0 Å². The second-order valence-electron chi connectivity index (χ2n) is 3.05. The highest BCUT2D eigenvalue weighted by molar-refractivity contribution is 5.65. The van der Waals surface area contributed by atoms with E-state index in [9.17, 15) is 0 Å². The van der Waals surface area contributed by atoms with Crippen LogP contribution in [-0.4, -0.2) is 14.2 Å². The molecule has 0 unspecified atom stereocenters. The fourth-order valence-corrected chi connectivity index (χ4v) is 1.43. The number of benzene rings is 1. The first-order valence-electron chi connectivity index (χ1n) is 4.61. The zero-order valence-corrected chi connectivity index (χ0v) is 8.69. The second kappa shape index (κ2) is 4.09. The van der Waals surface area contributed by atoms with Crippen molar-refractivity contribution < 1.29 is 14.2 Å². The van der Waals surface area contributed by atoms with Gasteiger partial charge in [-0.3, -0.25) is 0 Å². The predicted octanol–water partition coefficient (Wildman–Crippen LogP) is 2.62. The Bertz CT molecular complexity index is 419. The summed E-state index contributed by atoms with van der Waals surface area (Å²) in [4.78, 5) is 0. The van der Waals surface area contributed by atoms with Crippen molar-refractivity contribution in [1.29, 1.82) is 0 Å². The molecule has 0 aliphatic carbocycles. The molecule has 1 aliphatic rings. The molecular formula is C12H12O3. The molecule has 1 aromatic carbocycles. The average molecular weight is 204 g/mol. The van der Waals surface area contributed by atoms with E-state index in [2.05, 4.69) is 0 Å². The zero-order valence-electron chi connectivity index (χ0n) is 8.69. The minimum absolute atomic E-state index is 0.667. The Hall–Kier alpha value is -1.90. The van der Waals surface area contributed by atoms with Crippen LogP contribution in [0.4, 0.5) is 0 Å². The van der Waals surface area contributed by atoms with Gasteiger partial charge in [0.15, 0.2) is 11.5 Å². The highest BCUT2D eigenvalue weighted by Gasteiger charge is 2.10. The van der Waals surface area contributed by atoms with Gasteiger partial charge in [0.1, 0.15) is 5.75 Å². The number of methoxy groups -OCH3 is 2. The zero-order chi connectivity index (χ0) is 10.7. The van der Waals surface area contributed by atoms with Crippen molar-refractivity contribution in [3.8, 4) is 17.2 Å². The van der Waals surface area contributed by atoms with Crippen LogP contribution >= 0.6 is 0 Å². The molecule has 3 nitrogen and oxygen atoms in total. The highest BCUT2D eigenvalue weighted by atomic mass is 16.5. The first kappa shape index (κ1) is 9.65. The Morgan fingerprint density at radius 1 is 1.00 bits per heavy atom. The summed E-state index contributed by atoms with van der Waals surface area (Å²) in [6.07, 6.45) is 7.34. The third-order valence-corrected chi connectivity index (χ3v) is 2.18. The maximum absolute atomic E-state index is 5.41. The summed E-state index contributed by atoms with van der Waals surface area (Å²) in [6.45, 7) is 0. The summed E-state index contributed by atoms with van der Waals surface area (Å²) in [6, 6.07) is 3.70. The van der Waals surface area contributed by atoms with Crippen LogP contribution < -0.4 is 14.2 Å². The van der Waals surface area contributed by atoms with E-state index in [-0.39, 0.29) is 0 Å². The highest BCUT2D eigenvalue weighted by Crippen LogP contribution is 2.36. The van der Waals surface area contributed by atoms with Gasteiger partial charge in [0.25, 0.3) is 0 Å². The van der Waals surface area contributed by atoms with E-state index in [1.165, 1.54) is 0 Å². The molecular weight excluding hydrogens is 192 g/mol. The molecule has 2 rings (SSSR count). The fourth-order valence-electron chi connectivity index (χ4n) is 1.43. The number of fused-ring (bicyclic) bond motifs is 1. The summed E-state index contributed by atoms with van der Waals surface area (Å²) in [5.74, 6) is 2.13. The van der Waals surface area contributed by atoms with E-state index in [1.807, 2.05) is 30.4 Å². The molecule has 0 N–H and O–H groups in total. The van der Waals surface area contributed by atoms with Gasteiger partial charge in [0.05, 0.1) is 20.5 Å². The minimum atomic E-state index is 0.667. The maximum atomic E-state index is 5.41. The van der Waals surface area contributed by atoms with Gasteiger partial charge in [0, 0.05) is 11.6 Å². The lowest BCUT2D eigenvalue weighted by molar-refractivity contribution is 0.352. The molecule has 0 bridgehead atoms. The summed E-state index contributed by atoms with van der Waals surface area (Å²) < 4.78 is 15.8. The van der Waals surface area contributed by atoms with Gasteiger partial charge in [-0.05, 0) is 12.1 Å². The Kier molecular flexibility index (Phi) is 2.63. The Morgan fingerprint density at radius 2 is 1.73 bits per heavy atom. The van der Waals surface area contributed by atoms with Crippen LogP contribution in [0.5, 0.6) is 17.2 Å². The van der Waals surface area contributed by atoms with Gasteiger partial charge < -0.3 is 14.2 Å². The van der Waals surface area contributed by atoms with Crippen molar-refractivity contribution in [3.05, 3.63) is 36.1 Å². The van der Waals surface area contributed by atoms with E-state index in [1.54, 1.807) is 20.5 Å². The van der Waals surface area contributed by atoms with E-state index in [0.717, 1.165) is 11.3 Å². The molecule has 1 aliphatic heterocycles. The van der Waals surface area contributed by atoms with Crippen molar-refractivity contribution in [3.63, 3.8) is 0 Å². The first-order valence-corrected chi connectivity index (χ1v) is 4.61. The standard InChI is InChI=1S/C12H12O3/c1-13-11-7-9-5-3-4-6-15-10(9)8-12(11)14-2/h3-8H,1-2H3. The lowest BCUT2D eigenvalue weighted by atomic mass is 10.1. The van der Waals surface area contributed by atoms with Crippen LogP contribution in [0.1, 0.15) is 5.56 Å². The maximum Gasteiger partial charge on any atom is 0.164 e. The van der Waals surface area contributed by atoms with Gasteiger partial charge in [-0.25, -0.2) is 0 Å². The molecule has 3 heteroatoms. The third kappa shape index (κ3) is 1.81. The Labute approximate surface area is 88.6 Å². The number of allylic oxidation sites excluding steroid dienone is 2. The van der Waals surface area contributed by atoms with Gasteiger partial charge in [-0.1, -0.05) is 12.2 Å². The van der Waals surface area contributed by atoms with Crippen molar-refractivity contribution in [2.75, 3.05) is 14.2 Å². The first-order chi connectivity index (χ1) is 7.35. The molecule has 1 aromatic rings. The molecule has 0 spiro atoms. The van der Waals surface area contributed by atoms with Gasteiger partial charge in [-0.2, -0.15) is 0 Å². The lowest BCUT2D eigenvalue weighted by Gasteiger charge is -2.11. The van der Waals surface area contributed by atoms with Gasteiger partial charge in [0.2, 0.25) is 0 Å². The van der Waals surface area contributed by atoms with Crippen molar-refractivity contribution in [2.45, 2.75) is 0 Å². The molecule has 0 radical (unpaired) electrons. The SMILES string of the molecule is COc1cc2c(cc1OC)OC=CC=C2.